The van der Waals surface area contributed by atoms with Gasteiger partial charge in [0.25, 0.3) is 5.91 Å². The van der Waals surface area contributed by atoms with E-state index in [-0.39, 0.29) is 17.5 Å². The van der Waals surface area contributed by atoms with Crippen LogP contribution < -0.4 is 5.32 Å². The average Bonchev–Trinajstić information content (AvgIpc) is 3.20. The van der Waals surface area contributed by atoms with Crippen molar-refractivity contribution in [2.24, 2.45) is 0 Å². The number of carbonyl (C=O) groups is 2. The number of nitrogens with zero attached hydrogens (tertiary/aromatic N) is 3. The lowest BCUT2D eigenvalue weighted by molar-refractivity contribution is 0.102. The Kier molecular flexibility index (Phi) is 7.44. The van der Waals surface area contributed by atoms with Gasteiger partial charge < -0.3 is 15.0 Å². The predicted molar refractivity (Wildman–Crippen MR) is 132 cm³/mol. The maximum Gasteiger partial charge on any atom is 0.410 e. The maximum atomic E-state index is 13.0. The summed E-state index contributed by atoms with van der Waals surface area (Å²) in [5.74, 6) is -0.433. The molecule has 35 heavy (non-hydrogen) atoms. The molecule has 1 saturated heterocycles. The van der Waals surface area contributed by atoms with Crippen molar-refractivity contribution >= 4 is 38.4 Å². The molecule has 0 radical (unpaired) electrons. The number of nitrogens with one attached hydrogen (secondary N) is 1. The fraction of sp³-hybridized carbons (Fsp3) is 0.458. The van der Waals surface area contributed by atoms with Crippen molar-refractivity contribution in [3.63, 3.8) is 0 Å². The number of ether oxygens (including phenoxy) is 1. The standard InChI is InChI=1S/C24H28N4O5S2/c1-3-33-24(30)27-13-11-19-20(14-25)23(34-21(19)15-27)26-22(29)17-7-9-18(10-8-17)35(31,32)28-12-5-4-6-16(28)2/h7-10,16H,3-6,11-13,15H2,1-2H3,(H,26,29)/t16-/m0/s1. The van der Waals surface area contributed by atoms with E-state index >= 15 is 0 Å². The molecule has 1 aromatic heterocycles. The summed E-state index contributed by atoms with van der Waals surface area (Å²) in [6.07, 6.45) is 2.80. The number of amides is 2. The van der Waals surface area contributed by atoms with Crippen LogP contribution in [0.25, 0.3) is 0 Å². The second-order valence-electron chi connectivity index (χ2n) is 8.63. The molecule has 0 bridgehead atoms. The number of carbonyl (C=O) groups excluding carboxylic acids is 2. The minimum absolute atomic E-state index is 0.0502. The number of fused-ring (bicyclic) bond motifs is 1. The molecular formula is C24H28N4O5S2. The summed E-state index contributed by atoms with van der Waals surface area (Å²) in [7, 11) is -3.62. The monoisotopic (exact) mass is 516 g/mol. The van der Waals surface area contributed by atoms with Gasteiger partial charge in [0.2, 0.25) is 10.0 Å². The lowest BCUT2D eigenvalue weighted by Crippen LogP contribution is -2.41. The van der Waals surface area contributed by atoms with Gasteiger partial charge in [0.05, 0.1) is 23.6 Å². The molecule has 11 heteroatoms. The first-order valence-corrected chi connectivity index (χ1v) is 13.9. The van der Waals surface area contributed by atoms with Gasteiger partial charge in [-0.05, 0) is 62.9 Å². The first kappa shape index (κ1) is 25.2. The highest BCUT2D eigenvalue weighted by Crippen LogP contribution is 2.37. The van der Waals surface area contributed by atoms with Crippen LogP contribution in [-0.2, 0) is 27.7 Å². The minimum atomic E-state index is -3.62. The van der Waals surface area contributed by atoms with E-state index in [0.717, 1.165) is 29.7 Å². The van der Waals surface area contributed by atoms with Gasteiger partial charge in [-0.15, -0.1) is 11.3 Å². The Balaban J connectivity index is 1.50. The van der Waals surface area contributed by atoms with Crippen LogP contribution in [0, 0.1) is 11.3 Å². The number of nitriles is 1. The molecule has 1 aromatic carbocycles. The van der Waals surface area contributed by atoms with Crippen LogP contribution in [0.2, 0.25) is 0 Å². The van der Waals surface area contributed by atoms with E-state index in [0.29, 0.717) is 42.2 Å². The lowest BCUT2D eigenvalue weighted by atomic mass is 10.0. The quantitative estimate of drug-likeness (QED) is 0.643. The first-order chi connectivity index (χ1) is 16.8. The van der Waals surface area contributed by atoms with Gasteiger partial charge >= 0.3 is 6.09 Å². The third-order valence-corrected chi connectivity index (χ3v) is 9.55. The van der Waals surface area contributed by atoms with Gasteiger partial charge in [0.15, 0.2) is 0 Å². The average molecular weight is 517 g/mol. The zero-order chi connectivity index (χ0) is 25.2. The van der Waals surface area contributed by atoms with Crippen LogP contribution in [0.5, 0.6) is 0 Å². The van der Waals surface area contributed by atoms with E-state index in [2.05, 4.69) is 11.4 Å². The molecule has 3 heterocycles. The molecular weight excluding hydrogens is 488 g/mol. The summed E-state index contributed by atoms with van der Waals surface area (Å²) < 4.78 is 32.7. The summed E-state index contributed by atoms with van der Waals surface area (Å²) in [4.78, 5) is 27.6. The zero-order valence-corrected chi connectivity index (χ0v) is 21.4. The van der Waals surface area contributed by atoms with Crippen LogP contribution in [0.15, 0.2) is 29.2 Å². The molecule has 0 spiro atoms. The van der Waals surface area contributed by atoms with Crippen LogP contribution >= 0.6 is 11.3 Å². The molecule has 1 N–H and O–H groups in total. The van der Waals surface area contributed by atoms with Crippen molar-refractivity contribution < 1.29 is 22.7 Å². The molecule has 0 aliphatic carbocycles. The molecule has 1 atom stereocenters. The second kappa shape index (κ2) is 10.4. The summed E-state index contributed by atoms with van der Waals surface area (Å²) in [6, 6.07) is 8.00. The number of rotatable bonds is 5. The van der Waals surface area contributed by atoms with E-state index in [1.54, 1.807) is 11.8 Å². The number of sulfonamides is 1. The number of thiophene rings is 1. The van der Waals surface area contributed by atoms with Gasteiger partial charge in [-0.25, -0.2) is 13.2 Å². The van der Waals surface area contributed by atoms with Gasteiger partial charge in [-0.3, -0.25) is 4.79 Å². The van der Waals surface area contributed by atoms with Crippen LogP contribution in [0.4, 0.5) is 9.80 Å². The first-order valence-electron chi connectivity index (χ1n) is 11.7. The van der Waals surface area contributed by atoms with Crippen molar-refractivity contribution in [1.82, 2.24) is 9.21 Å². The van der Waals surface area contributed by atoms with Gasteiger partial charge in [0.1, 0.15) is 11.1 Å². The lowest BCUT2D eigenvalue weighted by Gasteiger charge is -2.32. The smallest absolute Gasteiger partial charge is 0.410 e. The van der Waals surface area contributed by atoms with Crippen molar-refractivity contribution in [2.75, 3.05) is 25.0 Å². The van der Waals surface area contributed by atoms with Crippen LogP contribution in [0.1, 0.15) is 59.5 Å². The molecule has 4 rings (SSSR count). The van der Waals surface area contributed by atoms with Gasteiger partial charge in [-0.2, -0.15) is 9.57 Å². The highest BCUT2D eigenvalue weighted by molar-refractivity contribution is 7.89. The van der Waals surface area contributed by atoms with E-state index in [1.807, 2.05) is 6.92 Å². The highest BCUT2D eigenvalue weighted by atomic mass is 32.2. The number of hydrogen-bond acceptors (Lipinski definition) is 7. The van der Waals surface area contributed by atoms with Crippen molar-refractivity contribution in [3.05, 3.63) is 45.8 Å². The molecule has 2 aliphatic heterocycles. The zero-order valence-electron chi connectivity index (χ0n) is 19.7. The van der Waals surface area contributed by atoms with E-state index in [1.165, 1.54) is 39.9 Å². The van der Waals surface area contributed by atoms with Crippen molar-refractivity contribution in [1.29, 1.82) is 5.26 Å². The molecule has 0 saturated carbocycles. The van der Waals surface area contributed by atoms with Gasteiger partial charge in [-0.1, -0.05) is 6.42 Å². The normalized spacial score (nSPS) is 18.4. The highest BCUT2D eigenvalue weighted by Gasteiger charge is 2.31. The number of benzene rings is 1. The number of piperidine rings is 1. The number of hydrogen-bond donors (Lipinski definition) is 1. The Bertz CT molecular complexity index is 1260. The summed E-state index contributed by atoms with van der Waals surface area (Å²) in [5.41, 5.74) is 1.53. The summed E-state index contributed by atoms with van der Waals surface area (Å²) in [6.45, 7) is 5.21. The Morgan fingerprint density at radius 3 is 2.63 bits per heavy atom. The van der Waals surface area contributed by atoms with Crippen LogP contribution in [-0.4, -0.2) is 55.4 Å². The van der Waals surface area contributed by atoms with E-state index in [9.17, 15) is 23.3 Å². The van der Waals surface area contributed by atoms with E-state index < -0.39 is 22.0 Å². The summed E-state index contributed by atoms with van der Waals surface area (Å²) in [5, 5.41) is 12.9. The third kappa shape index (κ3) is 5.05. The minimum Gasteiger partial charge on any atom is -0.450 e. The molecule has 9 nitrogen and oxygen atoms in total. The predicted octanol–water partition coefficient (Wildman–Crippen LogP) is 3.95. The Morgan fingerprint density at radius 2 is 1.97 bits per heavy atom. The van der Waals surface area contributed by atoms with Crippen LogP contribution in [0.3, 0.4) is 0 Å². The number of anilines is 1. The van der Waals surface area contributed by atoms with Crippen molar-refractivity contribution in [2.45, 2.75) is 57.0 Å². The molecule has 2 amide bonds. The molecule has 0 unspecified atom stereocenters. The fourth-order valence-electron chi connectivity index (χ4n) is 4.50. The van der Waals surface area contributed by atoms with E-state index in [4.69, 9.17) is 4.74 Å². The topological polar surface area (TPSA) is 120 Å². The van der Waals surface area contributed by atoms with Gasteiger partial charge in [0, 0.05) is 29.6 Å². The second-order valence-corrected chi connectivity index (χ2v) is 11.6. The third-order valence-electron chi connectivity index (χ3n) is 6.39. The van der Waals surface area contributed by atoms with Crippen molar-refractivity contribution in [3.8, 4) is 6.07 Å². The Morgan fingerprint density at radius 1 is 1.23 bits per heavy atom. The SMILES string of the molecule is CCOC(=O)N1CCc2c(sc(NC(=O)c3ccc(S(=O)(=O)N4CCCC[C@@H]4C)cc3)c2C#N)C1. The largest absolute Gasteiger partial charge is 0.450 e. The molecule has 1 fully saturated rings. The molecule has 2 aliphatic rings. The Hall–Kier alpha value is -2.94. The Labute approximate surface area is 209 Å². The molecule has 2 aromatic rings. The fourth-order valence-corrected chi connectivity index (χ4v) is 7.41. The maximum absolute atomic E-state index is 13.0. The summed E-state index contributed by atoms with van der Waals surface area (Å²) >= 11 is 1.27. The molecule has 186 valence electrons.